The molecular formula is C8H6N2O5. The first-order chi connectivity index (χ1) is 7.16. The molecule has 0 saturated carbocycles. The Hall–Kier alpha value is -2.31. The lowest BCUT2D eigenvalue weighted by atomic mass is 10.5. The molecule has 0 bridgehead atoms. The lowest BCUT2D eigenvalue weighted by Crippen LogP contribution is -2.20. The Labute approximate surface area is 82.5 Å². The Morgan fingerprint density at radius 3 is 3.00 bits per heavy atom. The van der Waals surface area contributed by atoms with Crippen LogP contribution in [0.1, 0.15) is 0 Å². The van der Waals surface area contributed by atoms with Crippen molar-refractivity contribution in [3.63, 3.8) is 0 Å². The number of hydrogen-bond acceptors (Lipinski definition) is 5. The van der Waals surface area contributed by atoms with Crippen molar-refractivity contribution in [3.05, 3.63) is 28.9 Å². The Morgan fingerprint density at radius 1 is 1.60 bits per heavy atom. The SMILES string of the molecule is O=C(O)Cn1nc(-c2ccco2)oc1=O. The minimum absolute atomic E-state index is 0.0359. The molecule has 0 amide bonds. The standard InChI is InChI=1S/C8H6N2O5/c11-6(12)4-10-8(13)15-7(9-10)5-2-1-3-14-5/h1-3H,4H2,(H,11,12). The highest BCUT2D eigenvalue weighted by molar-refractivity contribution is 5.66. The maximum Gasteiger partial charge on any atom is 0.438 e. The highest BCUT2D eigenvalue weighted by Gasteiger charge is 2.13. The van der Waals surface area contributed by atoms with Crippen molar-refractivity contribution in [3.8, 4) is 11.7 Å². The summed E-state index contributed by atoms with van der Waals surface area (Å²) in [7, 11) is 0. The molecule has 0 aliphatic heterocycles. The van der Waals surface area contributed by atoms with Gasteiger partial charge in [-0.05, 0) is 12.1 Å². The summed E-state index contributed by atoms with van der Waals surface area (Å²) >= 11 is 0. The van der Waals surface area contributed by atoms with Crippen LogP contribution in [-0.4, -0.2) is 20.9 Å². The van der Waals surface area contributed by atoms with E-state index >= 15 is 0 Å². The van der Waals surface area contributed by atoms with Crippen LogP contribution >= 0.6 is 0 Å². The Kier molecular flexibility index (Phi) is 2.13. The van der Waals surface area contributed by atoms with Gasteiger partial charge in [-0.1, -0.05) is 0 Å². The van der Waals surface area contributed by atoms with Crippen LogP contribution in [0.3, 0.4) is 0 Å². The van der Waals surface area contributed by atoms with Gasteiger partial charge in [0.25, 0.3) is 5.89 Å². The van der Waals surface area contributed by atoms with E-state index in [1.165, 1.54) is 6.26 Å². The van der Waals surface area contributed by atoms with Crippen LogP contribution in [0.2, 0.25) is 0 Å². The number of aromatic nitrogens is 2. The van der Waals surface area contributed by atoms with Crippen molar-refractivity contribution < 1.29 is 18.7 Å². The molecule has 0 unspecified atom stereocenters. The zero-order chi connectivity index (χ0) is 10.8. The molecule has 0 fully saturated rings. The van der Waals surface area contributed by atoms with Gasteiger partial charge < -0.3 is 13.9 Å². The lowest BCUT2D eigenvalue weighted by Gasteiger charge is -1.89. The molecule has 0 aromatic carbocycles. The van der Waals surface area contributed by atoms with Crippen LogP contribution in [0.5, 0.6) is 0 Å². The Bertz CT molecular complexity index is 521. The first-order valence-corrected chi connectivity index (χ1v) is 4.00. The molecule has 1 N–H and O–H groups in total. The molecule has 78 valence electrons. The second-order valence-corrected chi connectivity index (χ2v) is 2.70. The van der Waals surface area contributed by atoms with Gasteiger partial charge in [0.2, 0.25) is 0 Å². The molecule has 7 heteroatoms. The monoisotopic (exact) mass is 210 g/mol. The van der Waals surface area contributed by atoms with Gasteiger partial charge in [-0.25, -0.2) is 4.79 Å². The summed E-state index contributed by atoms with van der Waals surface area (Å²) in [6.45, 7) is -0.539. The lowest BCUT2D eigenvalue weighted by molar-refractivity contribution is -0.138. The third-order valence-corrected chi connectivity index (χ3v) is 1.62. The van der Waals surface area contributed by atoms with E-state index in [0.29, 0.717) is 4.68 Å². The second-order valence-electron chi connectivity index (χ2n) is 2.70. The van der Waals surface area contributed by atoms with Crippen molar-refractivity contribution in [2.24, 2.45) is 0 Å². The molecule has 0 saturated heterocycles. The van der Waals surface area contributed by atoms with Gasteiger partial charge in [-0.2, -0.15) is 4.68 Å². The summed E-state index contributed by atoms with van der Waals surface area (Å²) in [5, 5.41) is 12.1. The highest BCUT2D eigenvalue weighted by Crippen LogP contribution is 2.14. The smallest absolute Gasteiger partial charge is 0.438 e. The van der Waals surface area contributed by atoms with Crippen molar-refractivity contribution >= 4 is 5.97 Å². The van der Waals surface area contributed by atoms with E-state index < -0.39 is 18.3 Å². The highest BCUT2D eigenvalue weighted by atomic mass is 16.4. The van der Waals surface area contributed by atoms with E-state index in [9.17, 15) is 9.59 Å². The number of carbonyl (C=O) groups is 1. The van der Waals surface area contributed by atoms with Crippen LogP contribution in [-0.2, 0) is 11.3 Å². The summed E-state index contributed by atoms with van der Waals surface area (Å²) in [6, 6.07) is 3.15. The number of carboxylic acid groups (broad SMARTS) is 1. The zero-order valence-electron chi connectivity index (χ0n) is 7.41. The number of nitrogens with zero attached hydrogens (tertiary/aromatic N) is 2. The molecule has 0 spiro atoms. The van der Waals surface area contributed by atoms with Gasteiger partial charge in [-0.15, -0.1) is 5.10 Å². The first-order valence-electron chi connectivity index (χ1n) is 4.00. The van der Waals surface area contributed by atoms with Crippen LogP contribution in [0.15, 0.2) is 32.0 Å². The normalized spacial score (nSPS) is 10.4. The van der Waals surface area contributed by atoms with Crippen molar-refractivity contribution in [1.82, 2.24) is 9.78 Å². The second kappa shape index (κ2) is 3.45. The fourth-order valence-corrected chi connectivity index (χ4v) is 1.03. The predicted molar refractivity (Wildman–Crippen MR) is 46.1 cm³/mol. The third kappa shape index (κ3) is 1.80. The largest absolute Gasteiger partial charge is 0.480 e. The maximum atomic E-state index is 11.1. The van der Waals surface area contributed by atoms with Crippen molar-refractivity contribution in [2.75, 3.05) is 0 Å². The summed E-state index contributed by atoms with van der Waals surface area (Å²) in [6.07, 6.45) is 1.39. The maximum absolute atomic E-state index is 11.1. The summed E-state index contributed by atoms with van der Waals surface area (Å²) in [5.74, 6) is -1.76. The molecule has 0 aliphatic carbocycles. The fraction of sp³-hybridized carbons (Fsp3) is 0.125. The van der Waals surface area contributed by atoms with Crippen LogP contribution in [0.25, 0.3) is 11.7 Å². The Balaban J connectivity index is 2.37. The van der Waals surface area contributed by atoms with Gasteiger partial charge in [-0.3, -0.25) is 4.79 Å². The molecule has 15 heavy (non-hydrogen) atoms. The number of rotatable bonds is 3. The third-order valence-electron chi connectivity index (χ3n) is 1.62. The molecule has 0 radical (unpaired) electrons. The van der Waals surface area contributed by atoms with Gasteiger partial charge in [0.05, 0.1) is 6.26 Å². The Morgan fingerprint density at radius 2 is 2.40 bits per heavy atom. The summed E-state index contributed by atoms with van der Waals surface area (Å²) < 4.78 is 10.3. The van der Waals surface area contributed by atoms with Gasteiger partial charge in [0, 0.05) is 0 Å². The van der Waals surface area contributed by atoms with E-state index in [4.69, 9.17) is 13.9 Å². The minimum atomic E-state index is -1.17. The van der Waals surface area contributed by atoms with Crippen molar-refractivity contribution in [1.29, 1.82) is 0 Å². The number of furan rings is 1. The van der Waals surface area contributed by atoms with Crippen molar-refractivity contribution in [2.45, 2.75) is 6.54 Å². The molecule has 0 atom stereocenters. The van der Waals surface area contributed by atoms with Gasteiger partial charge in [0.1, 0.15) is 6.54 Å². The molecule has 7 nitrogen and oxygen atoms in total. The van der Waals surface area contributed by atoms with E-state index in [0.717, 1.165) is 0 Å². The van der Waals surface area contributed by atoms with Crippen LogP contribution in [0, 0.1) is 0 Å². The molecule has 0 aliphatic rings. The summed E-state index contributed by atoms with van der Waals surface area (Å²) in [4.78, 5) is 21.5. The first kappa shape index (κ1) is 9.25. The van der Waals surface area contributed by atoms with E-state index in [2.05, 4.69) is 5.10 Å². The number of hydrogen-bond donors (Lipinski definition) is 1. The van der Waals surface area contributed by atoms with Crippen LogP contribution < -0.4 is 5.76 Å². The van der Waals surface area contributed by atoms with Crippen LogP contribution in [0.4, 0.5) is 0 Å². The number of carboxylic acids is 1. The molecule has 2 rings (SSSR count). The topological polar surface area (TPSA) is 98.5 Å². The predicted octanol–water partition coefficient (Wildman–Crippen LogP) is 0.181. The van der Waals surface area contributed by atoms with Gasteiger partial charge >= 0.3 is 11.7 Å². The average Bonchev–Trinajstić information content (AvgIpc) is 2.75. The molecule has 2 aromatic rings. The van der Waals surface area contributed by atoms with Gasteiger partial charge in [0.15, 0.2) is 5.76 Å². The quantitative estimate of drug-likeness (QED) is 0.775. The molecule has 2 heterocycles. The zero-order valence-corrected chi connectivity index (χ0v) is 7.41. The fourth-order valence-electron chi connectivity index (χ4n) is 1.03. The van der Waals surface area contributed by atoms with E-state index in [-0.39, 0.29) is 11.7 Å². The summed E-state index contributed by atoms with van der Waals surface area (Å²) in [5.41, 5.74) is 0. The number of aliphatic carboxylic acids is 1. The molecule has 2 aromatic heterocycles. The molecular weight excluding hydrogens is 204 g/mol. The van der Waals surface area contributed by atoms with E-state index in [1.807, 2.05) is 0 Å². The minimum Gasteiger partial charge on any atom is -0.480 e. The average molecular weight is 210 g/mol. The van der Waals surface area contributed by atoms with E-state index in [1.54, 1.807) is 12.1 Å².